The van der Waals surface area contributed by atoms with Crippen molar-refractivity contribution >= 4 is 34.9 Å². The Morgan fingerprint density at radius 2 is 1.32 bits per heavy atom. The quantitative estimate of drug-likeness (QED) is 0.0357. The number of carbonyl (C=O) groups is 2. The first-order chi connectivity index (χ1) is 25.7. The van der Waals surface area contributed by atoms with Crippen LogP contribution in [0, 0.1) is 20.2 Å². The molecule has 0 radical (unpaired) electrons. The SMILES string of the molecule is CCCCc1ncc(/C=C(/C(=O)OCc2ccc(CO[N+](=O)[O-])cc2)c2cccs2)n1Cc1ccc(C(=O)OCc2ccc(CO[N+](=O)[O-])cc2)cc1. The molecule has 5 aromatic rings. The molecule has 2 aromatic heterocycles. The Morgan fingerprint density at radius 3 is 1.85 bits per heavy atom. The van der Waals surface area contributed by atoms with Crippen LogP contribution >= 0.6 is 11.3 Å². The van der Waals surface area contributed by atoms with Crippen LogP contribution in [0.3, 0.4) is 0 Å². The monoisotopic (exact) mass is 740 g/mol. The van der Waals surface area contributed by atoms with E-state index < -0.39 is 22.1 Å². The van der Waals surface area contributed by atoms with Crippen LogP contribution < -0.4 is 0 Å². The number of benzene rings is 3. The number of aryl methyl sites for hydroxylation is 1. The number of hydrogen-bond donors (Lipinski definition) is 0. The fourth-order valence-electron chi connectivity index (χ4n) is 5.18. The Kier molecular flexibility index (Phi) is 13.4. The van der Waals surface area contributed by atoms with Gasteiger partial charge in [-0.25, -0.2) is 14.6 Å². The fraction of sp³-hybridized carbons (Fsp3) is 0.237. The van der Waals surface area contributed by atoms with E-state index >= 15 is 0 Å². The molecule has 0 aliphatic rings. The van der Waals surface area contributed by atoms with E-state index in [2.05, 4.69) is 21.2 Å². The number of imidazole rings is 1. The zero-order valence-electron chi connectivity index (χ0n) is 28.8. The molecule has 0 unspecified atom stereocenters. The average molecular weight is 741 g/mol. The number of ether oxygens (including phenoxy) is 2. The Morgan fingerprint density at radius 1 is 0.774 bits per heavy atom. The molecule has 0 aliphatic heterocycles. The predicted octanol–water partition coefficient (Wildman–Crippen LogP) is 7.39. The van der Waals surface area contributed by atoms with E-state index in [9.17, 15) is 29.8 Å². The maximum Gasteiger partial charge on any atom is 0.339 e. The number of aromatic nitrogens is 2. The van der Waals surface area contributed by atoms with Gasteiger partial charge in [-0.3, -0.25) is 0 Å². The molecule has 15 heteroatoms. The van der Waals surface area contributed by atoms with Crippen LogP contribution in [0.15, 0.2) is 96.5 Å². The lowest BCUT2D eigenvalue weighted by atomic mass is 10.1. The van der Waals surface area contributed by atoms with E-state index in [1.165, 1.54) is 11.3 Å². The smallest absolute Gasteiger partial charge is 0.339 e. The minimum absolute atomic E-state index is 0.00141. The highest BCUT2D eigenvalue weighted by Crippen LogP contribution is 2.26. The van der Waals surface area contributed by atoms with Crippen molar-refractivity contribution in [3.63, 3.8) is 0 Å². The third-order valence-electron chi connectivity index (χ3n) is 8.01. The van der Waals surface area contributed by atoms with Gasteiger partial charge in [0.1, 0.15) is 32.3 Å². The fourth-order valence-corrected chi connectivity index (χ4v) is 5.91. The summed E-state index contributed by atoms with van der Waals surface area (Å²) in [5, 5.41) is 21.1. The zero-order valence-corrected chi connectivity index (χ0v) is 29.6. The van der Waals surface area contributed by atoms with Gasteiger partial charge < -0.3 is 23.7 Å². The largest absolute Gasteiger partial charge is 0.457 e. The Labute approximate surface area is 308 Å². The number of hydrogen-bond acceptors (Lipinski definition) is 12. The van der Waals surface area contributed by atoms with Crippen molar-refractivity contribution in [2.45, 2.75) is 59.2 Å². The van der Waals surface area contributed by atoms with Gasteiger partial charge in [0.2, 0.25) is 0 Å². The lowest BCUT2D eigenvalue weighted by Gasteiger charge is -2.13. The van der Waals surface area contributed by atoms with Crippen molar-refractivity contribution < 1.29 is 38.9 Å². The van der Waals surface area contributed by atoms with Crippen molar-refractivity contribution in [3.05, 3.63) is 167 Å². The standard InChI is InChI=1S/C38H36N4O10S/c1-2-3-6-36-39-21-33(20-34(35-5-4-19-53-35)38(44)50-24-29-9-13-31(14-10-29)26-52-42(47)48)40(36)22-27-15-17-32(18-16-27)37(43)49-23-28-7-11-30(12-8-28)25-51-41(45)46/h4-5,7-21H,2-3,6,22-26H2,1H3/b34-20+. The van der Waals surface area contributed by atoms with E-state index in [0.717, 1.165) is 41.1 Å². The van der Waals surface area contributed by atoms with Crippen LogP contribution in [0.4, 0.5) is 0 Å². The first kappa shape index (κ1) is 37.9. The van der Waals surface area contributed by atoms with Crippen LogP contribution in [-0.2, 0) is 63.3 Å². The van der Waals surface area contributed by atoms with Gasteiger partial charge in [0.15, 0.2) is 0 Å². The lowest BCUT2D eigenvalue weighted by molar-refractivity contribution is -0.763. The van der Waals surface area contributed by atoms with E-state index in [1.807, 2.05) is 29.6 Å². The van der Waals surface area contributed by atoms with Crippen LogP contribution in [0.1, 0.15) is 74.3 Å². The lowest BCUT2D eigenvalue weighted by Crippen LogP contribution is -2.10. The minimum atomic E-state index is -0.852. The normalized spacial score (nSPS) is 11.2. The molecule has 0 bridgehead atoms. The Balaban J connectivity index is 1.28. The van der Waals surface area contributed by atoms with Crippen molar-refractivity contribution in [1.29, 1.82) is 0 Å². The average Bonchev–Trinajstić information content (AvgIpc) is 3.84. The number of nitrogens with zero attached hydrogens (tertiary/aromatic N) is 4. The molecule has 0 spiro atoms. The molecule has 0 fully saturated rings. The molecule has 0 saturated heterocycles. The summed E-state index contributed by atoms with van der Waals surface area (Å²) in [5.41, 5.74) is 5.04. The molecule has 0 aliphatic carbocycles. The maximum atomic E-state index is 13.5. The van der Waals surface area contributed by atoms with E-state index in [1.54, 1.807) is 72.9 Å². The molecule has 2 heterocycles. The van der Waals surface area contributed by atoms with Crippen molar-refractivity contribution in [3.8, 4) is 0 Å². The molecule has 0 saturated carbocycles. The number of carbonyl (C=O) groups excluding carboxylic acids is 2. The highest BCUT2D eigenvalue weighted by Gasteiger charge is 2.18. The molecular weight excluding hydrogens is 705 g/mol. The van der Waals surface area contributed by atoms with Crippen LogP contribution in [0.25, 0.3) is 11.6 Å². The molecule has 0 N–H and O–H groups in total. The van der Waals surface area contributed by atoms with E-state index in [4.69, 9.17) is 14.5 Å². The maximum absolute atomic E-state index is 13.5. The zero-order chi connectivity index (χ0) is 37.6. The Hall–Kier alpha value is -6.35. The second-order valence-electron chi connectivity index (χ2n) is 11.8. The number of thiophene rings is 1. The summed E-state index contributed by atoms with van der Waals surface area (Å²) in [5.74, 6) is -0.151. The summed E-state index contributed by atoms with van der Waals surface area (Å²) < 4.78 is 13.3. The van der Waals surface area contributed by atoms with Crippen LogP contribution in [0.5, 0.6) is 0 Å². The summed E-state index contributed by atoms with van der Waals surface area (Å²) in [7, 11) is 0. The summed E-state index contributed by atoms with van der Waals surface area (Å²) in [6.45, 7) is 2.24. The molecule has 0 atom stereocenters. The number of rotatable bonds is 19. The topological polar surface area (TPSA) is 175 Å². The van der Waals surface area contributed by atoms with Gasteiger partial charge in [0.25, 0.3) is 10.2 Å². The first-order valence-electron chi connectivity index (χ1n) is 16.6. The van der Waals surface area contributed by atoms with Crippen molar-refractivity contribution in [2.24, 2.45) is 0 Å². The molecule has 14 nitrogen and oxygen atoms in total. The second-order valence-corrected chi connectivity index (χ2v) is 12.7. The predicted molar refractivity (Wildman–Crippen MR) is 194 cm³/mol. The molecular formula is C38H36N4O10S. The third kappa shape index (κ3) is 11.3. The Bertz CT molecular complexity index is 2020. The van der Waals surface area contributed by atoms with Gasteiger partial charge >= 0.3 is 11.9 Å². The molecule has 3 aromatic carbocycles. The highest BCUT2D eigenvalue weighted by molar-refractivity contribution is 7.11. The van der Waals surface area contributed by atoms with Gasteiger partial charge in [-0.1, -0.05) is 80.1 Å². The van der Waals surface area contributed by atoms with Crippen LogP contribution in [-0.4, -0.2) is 31.7 Å². The summed E-state index contributed by atoms with van der Waals surface area (Å²) in [6.07, 6.45) is 6.16. The first-order valence-corrected chi connectivity index (χ1v) is 17.5. The molecule has 53 heavy (non-hydrogen) atoms. The van der Waals surface area contributed by atoms with Crippen molar-refractivity contribution in [1.82, 2.24) is 9.55 Å². The molecule has 274 valence electrons. The van der Waals surface area contributed by atoms with Gasteiger partial charge in [-0.2, -0.15) is 0 Å². The minimum Gasteiger partial charge on any atom is -0.457 e. The summed E-state index contributed by atoms with van der Waals surface area (Å²) in [6, 6.07) is 24.4. The third-order valence-corrected chi connectivity index (χ3v) is 8.91. The van der Waals surface area contributed by atoms with Gasteiger partial charge in [0.05, 0.1) is 23.0 Å². The van der Waals surface area contributed by atoms with Gasteiger partial charge in [-0.15, -0.1) is 31.6 Å². The highest BCUT2D eigenvalue weighted by atomic mass is 32.1. The van der Waals surface area contributed by atoms with E-state index in [-0.39, 0.29) is 26.4 Å². The number of unbranched alkanes of at least 4 members (excludes halogenated alkanes) is 1. The van der Waals surface area contributed by atoms with Gasteiger partial charge in [-0.05, 0) is 63.9 Å². The van der Waals surface area contributed by atoms with E-state index in [0.29, 0.717) is 40.1 Å². The van der Waals surface area contributed by atoms with Gasteiger partial charge in [0, 0.05) is 17.8 Å². The molecule has 5 rings (SSSR count). The summed E-state index contributed by atoms with van der Waals surface area (Å²) >= 11 is 1.41. The molecule has 0 amide bonds. The number of esters is 2. The van der Waals surface area contributed by atoms with Crippen molar-refractivity contribution in [2.75, 3.05) is 0 Å². The second kappa shape index (κ2) is 18.8. The van der Waals surface area contributed by atoms with Crippen LogP contribution in [0.2, 0.25) is 0 Å². The summed E-state index contributed by atoms with van der Waals surface area (Å²) in [4.78, 5) is 61.4.